The summed E-state index contributed by atoms with van der Waals surface area (Å²) in [5.41, 5.74) is 1.19. The Morgan fingerprint density at radius 3 is 2.73 bits per heavy atom. The second-order valence-corrected chi connectivity index (χ2v) is 7.18. The Labute approximate surface area is 186 Å². The molecule has 0 spiro atoms. The van der Waals surface area contributed by atoms with Gasteiger partial charge in [0.1, 0.15) is 17.6 Å². The van der Waals surface area contributed by atoms with Crippen molar-refractivity contribution >= 4 is 23.6 Å². The van der Waals surface area contributed by atoms with E-state index in [0.29, 0.717) is 17.1 Å². The summed E-state index contributed by atoms with van der Waals surface area (Å²) in [6.45, 7) is 1.82. The monoisotopic (exact) mass is 454 g/mol. The van der Waals surface area contributed by atoms with Gasteiger partial charge in [-0.15, -0.1) is 0 Å². The third-order valence-electron chi connectivity index (χ3n) is 4.84. The quantitative estimate of drug-likeness (QED) is 0.549. The SMILES string of the molecule is CC(=O)NC[C@H]1CN(c2ccc(-c3ccc(C(=O)NCc4ncon4)nc3)c(F)c2)C(=O)O1. The number of anilines is 1. The number of cyclic esters (lactones) is 1. The van der Waals surface area contributed by atoms with Crippen LogP contribution >= 0.6 is 0 Å². The summed E-state index contributed by atoms with van der Waals surface area (Å²) < 4.78 is 24.6. The van der Waals surface area contributed by atoms with E-state index in [0.717, 1.165) is 6.39 Å². The minimum Gasteiger partial charge on any atom is -0.442 e. The van der Waals surface area contributed by atoms with Crippen LogP contribution in [0.4, 0.5) is 14.9 Å². The lowest BCUT2D eigenvalue weighted by Gasteiger charge is -2.14. The molecule has 12 heteroatoms. The molecule has 33 heavy (non-hydrogen) atoms. The molecular weight excluding hydrogens is 435 g/mol. The zero-order valence-corrected chi connectivity index (χ0v) is 17.4. The first-order valence-corrected chi connectivity index (χ1v) is 9.92. The Balaban J connectivity index is 1.42. The molecule has 3 heterocycles. The first-order valence-electron chi connectivity index (χ1n) is 9.92. The topological polar surface area (TPSA) is 140 Å². The molecule has 1 atom stereocenters. The van der Waals surface area contributed by atoms with E-state index in [-0.39, 0.29) is 36.8 Å². The molecule has 0 unspecified atom stereocenters. The largest absolute Gasteiger partial charge is 0.442 e. The van der Waals surface area contributed by atoms with Crippen LogP contribution in [0, 0.1) is 5.82 Å². The summed E-state index contributed by atoms with van der Waals surface area (Å²) in [6, 6.07) is 7.38. The second kappa shape index (κ2) is 9.42. The fraction of sp³-hybridized carbons (Fsp3) is 0.238. The molecule has 0 aliphatic carbocycles. The third kappa shape index (κ3) is 5.11. The van der Waals surface area contributed by atoms with Crippen LogP contribution in [0.1, 0.15) is 23.2 Å². The lowest BCUT2D eigenvalue weighted by molar-refractivity contribution is -0.119. The summed E-state index contributed by atoms with van der Waals surface area (Å²) in [5.74, 6) is -0.917. The molecule has 1 aromatic carbocycles. The Kier molecular flexibility index (Phi) is 6.24. The number of halogens is 1. The van der Waals surface area contributed by atoms with Gasteiger partial charge in [-0.2, -0.15) is 4.98 Å². The van der Waals surface area contributed by atoms with Crippen LogP contribution in [-0.2, 0) is 16.1 Å². The zero-order chi connectivity index (χ0) is 23.4. The molecular formula is C21H19FN6O5. The smallest absolute Gasteiger partial charge is 0.414 e. The van der Waals surface area contributed by atoms with Crippen molar-refractivity contribution in [1.82, 2.24) is 25.8 Å². The van der Waals surface area contributed by atoms with E-state index in [1.54, 1.807) is 12.1 Å². The molecule has 1 saturated heterocycles. The lowest BCUT2D eigenvalue weighted by Crippen LogP contribution is -2.33. The molecule has 2 aromatic heterocycles. The highest BCUT2D eigenvalue weighted by molar-refractivity contribution is 5.92. The minimum atomic E-state index is -0.615. The Hall–Kier alpha value is -4.35. The number of carbonyl (C=O) groups excluding carboxylic acids is 3. The highest BCUT2D eigenvalue weighted by atomic mass is 19.1. The van der Waals surface area contributed by atoms with E-state index >= 15 is 0 Å². The number of amides is 3. The molecule has 0 saturated carbocycles. The highest BCUT2D eigenvalue weighted by Crippen LogP contribution is 2.28. The maximum absolute atomic E-state index is 14.8. The molecule has 0 bridgehead atoms. The van der Waals surface area contributed by atoms with Crippen LogP contribution in [0.15, 0.2) is 47.4 Å². The third-order valence-corrected chi connectivity index (χ3v) is 4.84. The zero-order valence-electron chi connectivity index (χ0n) is 17.4. The average Bonchev–Trinajstić information content (AvgIpc) is 3.45. The van der Waals surface area contributed by atoms with Gasteiger partial charge in [-0.3, -0.25) is 19.5 Å². The van der Waals surface area contributed by atoms with E-state index in [4.69, 9.17) is 4.74 Å². The van der Waals surface area contributed by atoms with Gasteiger partial charge in [0.05, 0.1) is 25.3 Å². The van der Waals surface area contributed by atoms with Crippen LogP contribution in [0.3, 0.4) is 0 Å². The first kappa shape index (κ1) is 21.9. The van der Waals surface area contributed by atoms with Crippen molar-refractivity contribution in [2.45, 2.75) is 19.6 Å². The fourth-order valence-corrected chi connectivity index (χ4v) is 3.21. The average molecular weight is 454 g/mol. The predicted molar refractivity (Wildman–Crippen MR) is 111 cm³/mol. The number of hydrogen-bond donors (Lipinski definition) is 2. The number of rotatable bonds is 7. The molecule has 11 nitrogen and oxygen atoms in total. The molecule has 2 N–H and O–H groups in total. The fourth-order valence-electron chi connectivity index (χ4n) is 3.21. The standard InChI is InChI=1S/C21H19FN6O5/c1-12(29)23-8-15-10-28(21(31)33-15)14-3-4-16(17(22)6-14)13-2-5-18(24-7-13)20(30)25-9-19-26-11-32-27-19/h2-7,11,15H,8-10H2,1H3,(H,23,29)(H,25,30)/t15-/m0/s1. The summed E-state index contributed by atoms with van der Waals surface area (Å²) in [4.78, 5) is 44.5. The van der Waals surface area contributed by atoms with Gasteiger partial charge in [-0.25, -0.2) is 9.18 Å². The summed E-state index contributed by atoms with van der Waals surface area (Å²) >= 11 is 0. The second-order valence-electron chi connectivity index (χ2n) is 7.18. The van der Waals surface area contributed by atoms with Gasteiger partial charge in [-0.05, 0) is 24.3 Å². The first-order chi connectivity index (χ1) is 15.9. The molecule has 0 radical (unpaired) electrons. The van der Waals surface area contributed by atoms with Crippen LogP contribution in [-0.4, -0.2) is 52.2 Å². The number of nitrogens with one attached hydrogen (secondary N) is 2. The molecule has 1 fully saturated rings. The van der Waals surface area contributed by atoms with E-state index < -0.39 is 23.9 Å². The van der Waals surface area contributed by atoms with E-state index in [1.807, 2.05) is 0 Å². The maximum Gasteiger partial charge on any atom is 0.414 e. The molecule has 1 aliphatic heterocycles. The van der Waals surface area contributed by atoms with Crippen LogP contribution in [0.25, 0.3) is 11.1 Å². The molecule has 170 valence electrons. The number of benzene rings is 1. The number of pyridine rings is 1. The molecule has 4 rings (SSSR count). The van der Waals surface area contributed by atoms with Crippen molar-refractivity contribution in [1.29, 1.82) is 0 Å². The van der Waals surface area contributed by atoms with Crippen molar-refractivity contribution in [3.05, 3.63) is 60.3 Å². The summed E-state index contributed by atoms with van der Waals surface area (Å²) in [5, 5.41) is 8.78. The van der Waals surface area contributed by atoms with E-state index in [2.05, 4.69) is 30.3 Å². The Morgan fingerprint density at radius 2 is 2.06 bits per heavy atom. The van der Waals surface area contributed by atoms with Crippen molar-refractivity contribution in [3.8, 4) is 11.1 Å². The van der Waals surface area contributed by atoms with Crippen LogP contribution in [0.2, 0.25) is 0 Å². The normalized spacial score (nSPS) is 15.3. The van der Waals surface area contributed by atoms with Crippen molar-refractivity contribution < 1.29 is 28.0 Å². The van der Waals surface area contributed by atoms with Gasteiger partial charge in [-0.1, -0.05) is 11.2 Å². The van der Waals surface area contributed by atoms with Gasteiger partial charge >= 0.3 is 6.09 Å². The van der Waals surface area contributed by atoms with Gasteiger partial charge in [0, 0.05) is 24.2 Å². The van der Waals surface area contributed by atoms with E-state index in [1.165, 1.54) is 36.2 Å². The number of ether oxygens (including phenoxy) is 1. The lowest BCUT2D eigenvalue weighted by atomic mass is 10.1. The number of carbonyl (C=O) groups is 3. The summed E-state index contributed by atoms with van der Waals surface area (Å²) in [6.07, 6.45) is 1.41. The molecule has 3 amide bonds. The Bertz CT molecular complexity index is 1170. The number of aromatic nitrogens is 3. The van der Waals surface area contributed by atoms with Crippen molar-refractivity contribution in [3.63, 3.8) is 0 Å². The van der Waals surface area contributed by atoms with Crippen LogP contribution in [0.5, 0.6) is 0 Å². The van der Waals surface area contributed by atoms with Gasteiger partial charge in [0.25, 0.3) is 5.91 Å². The molecule has 1 aliphatic rings. The highest BCUT2D eigenvalue weighted by Gasteiger charge is 2.32. The Morgan fingerprint density at radius 1 is 1.21 bits per heavy atom. The maximum atomic E-state index is 14.8. The van der Waals surface area contributed by atoms with Crippen molar-refractivity contribution in [2.24, 2.45) is 0 Å². The van der Waals surface area contributed by atoms with Crippen molar-refractivity contribution in [2.75, 3.05) is 18.0 Å². The minimum absolute atomic E-state index is 0.0828. The predicted octanol–water partition coefficient (Wildman–Crippen LogP) is 1.66. The van der Waals surface area contributed by atoms with Gasteiger partial charge in [0.15, 0.2) is 5.82 Å². The van der Waals surface area contributed by atoms with Gasteiger partial charge < -0.3 is 19.9 Å². The summed E-state index contributed by atoms with van der Waals surface area (Å²) in [7, 11) is 0. The number of hydrogen-bond acceptors (Lipinski definition) is 8. The molecule has 3 aromatic rings. The van der Waals surface area contributed by atoms with E-state index in [9.17, 15) is 18.8 Å². The van der Waals surface area contributed by atoms with Crippen LogP contribution < -0.4 is 15.5 Å². The van der Waals surface area contributed by atoms with Gasteiger partial charge in [0.2, 0.25) is 12.3 Å². The number of nitrogens with zero attached hydrogens (tertiary/aromatic N) is 4.